The Labute approximate surface area is 159 Å². The van der Waals surface area contributed by atoms with Crippen molar-refractivity contribution in [3.63, 3.8) is 0 Å². The number of hydrogen-bond donors (Lipinski definition) is 0. The lowest BCUT2D eigenvalue weighted by atomic mass is 9.65. The summed E-state index contributed by atoms with van der Waals surface area (Å²) in [5.41, 5.74) is 5.88. The van der Waals surface area contributed by atoms with Crippen molar-refractivity contribution < 1.29 is 9.55 Å². The highest BCUT2D eigenvalue weighted by Gasteiger charge is 2.59. The van der Waals surface area contributed by atoms with E-state index in [1.54, 1.807) is 0 Å². The van der Waals surface area contributed by atoms with E-state index >= 15 is 0 Å². The van der Waals surface area contributed by atoms with Crippen molar-refractivity contribution in [2.75, 3.05) is 6.54 Å². The Morgan fingerprint density at radius 3 is 2.78 bits per heavy atom. The summed E-state index contributed by atoms with van der Waals surface area (Å²) in [6, 6.07) is 10.8. The van der Waals surface area contributed by atoms with Crippen molar-refractivity contribution in [1.82, 2.24) is 4.90 Å². The third-order valence-electron chi connectivity index (χ3n) is 7.31. The number of amides is 1. The molecule has 0 N–H and O–H groups in total. The maximum Gasteiger partial charge on any atom is 0.443 e. The number of fused-ring (bicyclic) bond motifs is 1. The normalized spacial score (nSPS) is 32.1. The summed E-state index contributed by atoms with van der Waals surface area (Å²) in [6.45, 7) is 5.21. The lowest BCUT2D eigenvalue weighted by molar-refractivity contribution is -0.467. The molecule has 0 spiro atoms. The Kier molecular flexibility index (Phi) is 3.55. The van der Waals surface area contributed by atoms with E-state index < -0.39 is 5.41 Å². The third-order valence-corrected chi connectivity index (χ3v) is 7.31. The molecule has 4 aliphatic rings. The molecule has 0 saturated heterocycles. The second-order valence-corrected chi connectivity index (χ2v) is 8.46. The van der Waals surface area contributed by atoms with Crippen LogP contribution in [0.25, 0.3) is 0 Å². The molecule has 2 aliphatic carbocycles. The van der Waals surface area contributed by atoms with Gasteiger partial charge in [0.25, 0.3) is 0 Å². The molecule has 27 heavy (non-hydrogen) atoms. The highest BCUT2D eigenvalue weighted by Crippen LogP contribution is 2.57. The molecule has 0 fully saturated rings. The van der Waals surface area contributed by atoms with Gasteiger partial charge in [-0.05, 0) is 60.5 Å². The number of carbonyl (C=O) groups excluding carboxylic acids is 1. The molecule has 5 bridgehead atoms. The number of carbonyl (C=O) groups is 1. The van der Waals surface area contributed by atoms with E-state index in [-0.39, 0.29) is 24.4 Å². The fourth-order valence-corrected chi connectivity index (χ4v) is 5.70. The number of nitrogens with zero attached hydrogens (tertiary/aromatic N) is 2. The van der Waals surface area contributed by atoms with Gasteiger partial charge in [0.05, 0.1) is 4.76 Å². The maximum absolute atomic E-state index is 13.2. The molecule has 0 saturated carbocycles. The molecule has 2 heterocycles. The van der Waals surface area contributed by atoms with Gasteiger partial charge in [0.1, 0.15) is 5.41 Å². The molecule has 5 rings (SSSR count). The van der Waals surface area contributed by atoms with E-state index in [0.717, 1.165) is 25.8 Å². The summed E-state index contributed by atoms with van der Waals surface area (Å²) in [4.78, 5) is 28.2. The zero-order valence-electron chi connectivity index (χ0n) is 15.9. The number of likely N-dealkylation sites (tertiary alicyclic amines) is 1. The summed E-state index contributed by atoms with van der Waals surface area (Å²) in [5.74, 6) is -0.167. The van der Waals surface area contributed by atoms with Crippen LogP contribution in [-0.4, -0.2) is 28.2 Å². The average Bonchev–Trinajstić information content (AvgIpc) is 3.02. The zero-order valence-corrected chi connectivity index (χ0v) is 15.9. The van der Waals surface area contributed by atoms with Crippen LogP contribution in [0.3, 0.4) is 0 Å². The van der Waals surface area contributed by atoms with E-state index in [9.17, 15) is 9.70 Å². The molecule has 4 nitrogen and oxygen atoms in total. The SMILES string of the molecule is CC1C2CC3=C(CCC4=C3C=CC[N+](=O)C(=O)C41C)N2Cc1ccccc1. The second kappa shape index (κ2) is 5.75. The number of benzene rings is 1. The van der Waals surface area contributed by atoms with Crippen LogP contribution < -0.4 is 0 Å². The second-order valence-electron chi connectivity index (χ2n) is 8.46. The predicted octanol–water partition coefficient (Wildman–Crippen LogP) is 4.14. The minimum absolute atomic E-state index is 0.0944. The van der Waals surface area contributed by atoms with E-state index in [1.165, 1.54) is 28.0 Å². The van der Waals surface area contributed by atoms with Crippen LogP contribution in [-0.2, 0) is 11.3 Å². The van der Waals surface area contributed by atoms with Crippen molar-refractivity contribution in [2.45, 2.75) is 45.7 Å². The molecule has 4 heteroatoms. The summed E-state index contributed by atoms with van der Waals surface area (Å²) >= 11 is 0. The van der Waals surface area contributed by atoms with Gasteiger partial charge in [0, 0.05) is 23.2 Å². The number of rotatable bonds is 2. The topological polar surface area (TPSA) is 40.4 Å². The van der Waals surface area contributed by atoms with Gasteiger partial charge < -0.3 is 4.90 Å². The van der Waals surface area contributed by atoms with Crippen LogP contribution in [0.5, 0.6) is 0 Å². The monoisotopic (exact) mass is 361 g/mol. The largest absolute Gasteiger partial charge is 0.443 e. The van der Waals surface area contributed by atoms with Gasteiger partial charge in [-0.2, -0.15) is 0 Å². The first-order valence-electron chi connectivity index (χ1n) is 9.94. The Hall–Kier alpha value is -2.49. The summed E-state index contributed by atoms with van der Waals surface area (Å²) in [7, 11) is 0. The number of allylic oxidation sites excluding steroid dienone is 3. The Balaban J connectivity index is 1.68. The van der Waals surface area contributed by atoms with Crippen LogP contribution >= 0.6 is 0 Å². The first kappa shape index (κ1) is 16.7. The lowest BCUT2D eigenvalue weighted by Crippen LogP contribution is -2.51. The standard InChI is InChI=1S/C23H25N2O2/c1-15-21-13-18-17-9-6-12-25(27)22(26)23(15,2)19(17)10-11-20(18)24(21)14-16-7-4-3-5-8-16/h3-9,15,21H,10-14H2,1-2H3/q+1. The molecule has 138 valence electrons. The van der Waals surface area contributed by atoms with Gasteiger partial charge in [0.15, 0.2) is 0 Å². The van der Waals surface area contributed by atoms with E-state index in [0.29, 0.717) is 4.76 Å². The van der Waals surface area contributed by atoms with E-state index in [2.05, 4.69) is 42.2 Å². The first-order valence-corrected chi connectivity index (χ1v) is 9.94. The van der Waals surface area contributed by atoms with Crippen LogP contribution in [0.2, 0.25) is 0 Å². The molecular formula is C23H25N2O2+. The highest BCUT2D eigenvalue weighted by atomic mass is 16.3. The van der Waals surface area contributed by atoms with Gasteiger partial charge in [-0.3, -0.25) is 0 Å². The van der Waals surface area contributed by atoms with Crippen molar-refractivity contribution in [3.05, 3.63) is 75.4 Å². The van der Waals surface area contributed by atoms with Crippen molar-refractivity contribution in [1.29, 1.82) is 0 Å². The quantitative estimate of drug-likeness (QED) is 0.744. The molecule has 1 amide bonds. The van der Waals surface area contributed by atoms with Gasteiger partial charge in [-0.25, -0.2) is 4.79 Å². The van der Waals surface area contributed by atoms with Crippen LogP contribution in [0.1, 0.15) is 38.7 Å². The van der Waals surface area contributed by atoms with Gasteiger partial charge in [-0.1, -0.05) is 43.3 Å². The molecule has 3 unspecified atom stereocenters. The van der Waals surface area contributed by atoms with Crippen LogP contribution in [0.4, 0.5) is 0 Å². The van der Waals surface area contributed by atoms with Crippen molar-refractivity contribution in [3.8, 4) is 0 Å². The fourth-order valence-electron chi connectivity index (χ4n) is 5.70. The van der Waals surface area contributed by atoms with E-state index in [4.69, 9.17) is 0 Å². The minimum atomic E-state index is -0.713. The Bertz CT molecular complexity index is 940. The third kappa shape index (κ3) is 2.19. The predicted molar refractivity (Wildman–Crippen MR) is 104 cm³/mol. The lowest BCUT2D eigenvalue weighted by Gasteiger charge is -2.44. The van der Waals surface area contributed by atoms with Gasteiger partial charge >= 0.3 is 5.91 Å². The van der Waals surface area contributed by atoms with Crippen molar-refractivity contribution >= 4 is 5.91 Å². The minimum Gasteiger partial charge on any atom is -0.367 e. The smallest absolute Gasteiger partial charge is 0.367 e. The molecular weight excluding hydrogens is 336 g/mol. The van der Waals surface area contributed by atoms with Crippen LogP contribution in [0.15, 0.2) is 64.9 Å². The average molecular weight is 361 g/mol. The fraction of sp³-hybridized carbons (Fsp3) is 0.435. The van der Waals surface area contributed by atoms with E-state index in [1.807, 2.05) is 19.1 Å². The molecule has 0 aromatic heterocycles. The number of nitroso groups, excluding NO2 is 1. The van der Waals surface area contributed by atoms with Crippen molar-refractivity contribution in [2.24, 2.45) is 11.3 Å². The maximum atomic E-state index is 13.2. The zero-order chi connectivity index (χ0) is 18.8. The van der Waals surface area contributed by atoms with Crippen LogP contribution in [0, 0.1) is 16.2 Å². The molecule has 2 aliphatic heterocycles. The molecule has 0 radical (unpaired) electrons. The summed E-state index contributed by atoms with van der Waals surface area (Å²) < 4.78 is 0.668. The van der Waals surface area contributed by atoms with Gasteiger partial charge in [-0.15, -0.1) is 0 Å². The number of hydrogen-bond acceptors (Lipinski definition) is 3. The summed E-state index contributed by atoms with van der Waals surface area (Å²) in [6.07, 6.45) is 6.80. The Morgan fingerprint density at radius 1 is 1.22 bits per heavy atom. The molecule has 1 aromatic rings. The molecule has 1 aromatic carbocycles. The Morgan fingerprint density at radius 2 is 2.00 bits per heavy atom. The first-order chi connectivity index (χ1) is 13.0. The van der Waals surface area contributed by atoms with Gasteiger partial charge in [0.2, 0.25) is 6.54 Å². The molecule has 3 atom stereocenters. The highest BCUT2D eigenvalue weighted by molar-refractivity contribution is 5.81. The summed E-state index contributed by atoms with van der Waals surface area (Å²) in [5, 5.41) is 0.